The number of thiophene rings is 2. The first kappa shape index (κ1) is 13.3. The van der Waals surface area contributed by atoms with E-state index in [1.807, 2.05) is 35.0 Å². The first-order valence-electron chi connectivity index (χ1n) is 5.76. The normalized spacial score (nSPS) is 12.3. The topological polar surface area (TPSA) is 49.3 Å². The fourth-order valence-corrected chi connectivity index (χ4v) is 3.06. The van der Waals surface area contributed by atoms with E-state index in [-0.39, 0.29) is 5.91 Å². The van der Waals surface area contributed by atoms with E-state index in [2.05, 4.69) is 5.32 Å². The molecule has 3 nitrogen and oxygen atoms in total. The molecule has 2 rings (SSSR count). The van der Waals surface area contributed by atoms with E-state index in [9.17, 15) is 9.90 Å². The number of aliphatic hydroxyl groups excluding tert-OH is 1. The molecule has 18 heavy (non-hydrogen) atoms. The van der Waals surface area contributed by atoms with Crippen molar-refractivity contribution < 1.29 is 9.90 Å². The van der Waals surface area contributed by atoms with Crippen LogP contribution in [0.25, 0.3) is 0 Å². The summed E-state index contributed by atoms with van der Waals surface area (Å²) in [5.74, 6) is 0.0100. The Kier molecular flexibility index (Phi) is 4.92. The minimum Gasteiger partial charge on any atom is -0.388 e. The predicted molar refractivity (Wildman–Crippen MR) is 74.9 cm³/mol. The third-order valence-electron chi connectivity index (χ3n) is 2.53. The summed E-state index contributed by atoms with van der Waals surface area (Å²) >= 11 is 3.11. The van der Waals surface area contributed by atoms with Gasteiger partial charge in [-0.25, -0.2) is 0 Å². The molecule has 2 heterocycles. The lowest BCUT2D eigenvalue weighted by Gasteiger charge is -2.09. The van der Waals surface area contributed by atoms with Gasteiger partial charge in [0.1, 0.15) is 0 Å². The van der Waals surface area contributed by atoms with Crippen LogP contribution >= 0.6 is 22.7 Å². The van der Waals surface area contributed by atoms with E-state index in [0.29, 0.717) is 19.4 Å². The molecule has 0 saturated carbocycles. The summed E-state index contributed by atoms with van der Waals surface area (Å²) in [6, 6.07) is 7.71. The summed E-state index contributed by atoms with van der Waals surface area (Å²) in [4.78, 5) is 13.6. The summed E-state index contributed by atoms with van der Waals surface area (Å²) in [6.45, 7) is 0.503. The molecule has 0 aromatic carbocycles. The molecule has 2 aromatic rings. The van der Waals surface area contributed by atoms with E-state index >= 15 is 0 Å². The van der Waals surface area contributed by atoms with Crippen molar-refractivity contribution in [1.82, 2.24) is 5.32 Å². The largest absolute Gasteiger partial charge is 0.388 e. The molecule has 0 aliphatic rings. The average Bonchev–Trinajstić information content (AvgIpc) is 3.00. The van der Waals surface area contributed by atoms with Gasteiger partial charge in [0.15, 0.2) is 0 Å². The van der Waals surface area contributed by atoms with Gasteiger partial charge in [0.25, 0.3) is 0 Å². The standard InChI is InChI=1S/C13H15NO2S2/c15-11(12-4-2-8-18-12)5-6-14-13(16)9-10-3-1-7-17-10/h1-4,7-8,11,15H,5-6,9H2,(H,14,16)/t11-/m1/s1. The van der Waals surface area contributed by atoms with Gasteiger partial charge in [-0.1, -0.05) is 12.1 Å². The van der Waals surface area contributed by atoms with Crippen molar-refractivity contribution in [1.29, 1.82) is 0 Å². The second-order valence-electron chi connectivity index (χ2n) is 3.93. The molecule has 2 aromatic heterocycles. The summed E-state index contributed by atoms with van der Waals surface area (Å²) in [5, 5.41) is 16.6. The number of amides is 1. The molecule has 2 N–H and O–H groups in total. The fraction of sp³-hybridized carbons (Fsp3) is 0.308. The smallest absolute Gasteiger partial charge is 0.225 e. The first-order chi connectivity index (χ1) is 8.75. The number of rotatable bonds is 6. The zero-order chi connectivity index (χ0) is 12.8. The summed E-state index contributed by atoms with van der Waals surface area (Å²) in [5.41, 5.74) is 0. The van der Waals surface area contributed by atoms with Crippen molar-refractivity contribution in [2.24, 2.45) is 0 Å². The lowest BCUT2D eigenvalue weighted by Crippen LogP contribution is -2.26. The van der Waals surface area contributed by atoms with Crippen molar-refractivity contribution in [3.63, 3.8) is 0 Å². The van der Waals surface area contributed by atoms with Gasteiger partial charge in [0, 0.05) is 16.3 Å². The van der Waals surface area contributed by atoms with Crippen LogP contribution < -0.4 is 5.32 Å². The van der Waals surface area contributed by atoms with Crippen LogP contribution in [0, 0.1) is 0 Å². The molecular weight excluding hydrogens is 266 g/mol. The maximum atomic E-state index is 11.6. The number of carbonyl (C=O) groups excluding carboxylic acids is 1. The van der Waals surface area contributed by atoms with Gasteiger partial charge in [-0.3, -0.25) is 4.79 Å². The SMILES string of the molecule is O=C(Cc1cccs1)NCC[C@@H](O)c1cccs1. The third kappa shape index (κ3) is 3.94. The zero-order valence-corrected chi connectivity index (χ0v) is 11.5. The molecule has 0 aliphatic carbocycles. The maximum absolute atomic E-state index is 11.6. The van der Waals surface area contributed by atoms with Crippen molar-refractivity contribution in [2.45, 2.75) is 18.9 Å². The van der Waals surface area contributed by atoms with Crippen LogP contribution in [-0.4, -0.2) is 17.6 Å². The van der Waals surface area contributed by atoms with E-state index in [1.54, 1.807) is 11.3 Å². The van der Waals surface area contributed by atoms with Crippen molar-refractivity contribution in [3.05, 3.63) is 44.8 Å². The molecule has 0 aliphatic heterocycles. The van der Waals surface area contributed by atoms with Gasteiger partial charge in [-0.15, -0.1) is 22.7 Å². The van der Waals surface area contributed by atoms with Crippen molar-refractivity contribution in [3.8, 4) is 0 Å². The van der Waals surface area contributed by atoms with Crippen molar-refractivity contribution >= 4 is 28.6 Å². The van der Waals surface area contributed by atoms with E-state index in [1.165, 1.54) is 11.3 Å². The van der Waals surface area contributed by atoms with Crippen LogP contribution in [0.3, 0.4) is 0 Å². The Bertz CT molecular complexity index is 465. The summed E-state index contributed by atoms with van der Waals surface area (Å²) in [7, 11) is 0. The first-order valence-corrected chi connectivity index (χ1v) is 7.52. The Balaban J connectivity index is 1.67. The highest BCUT2D eigenvalue weighted by Crippen LogP contribution is 2.20. The van der Waals surface area contributed by atoms with Crippen LogP contribution in [0.1, 0.15) is 22.3 Å². The Morgan fingerprint density at radius 1 is 1.28 bits per heavy atom. The second kappa shape index (κ2) is 6.68. The summed E-state index contributed by atoms with van der Waals surface area (Å²) in [6.07, 6.45) is 0.496. The van der Waals surface area contributed by atoms with Crippen LogP contribution in [0.2, 0.25) is 0 Å². The van der Waals surface area contributed by atoms with Gasteiger partial charge in [0.05, 0.1) is 12.5 Å². The lowest BCUT2D eigenvalue weighted by atomic mass is 10.2. The maximum Gasteiger partial charge on any atom is 0.225 e. The van der Waals surface area contributed by atoms with Gasteiger partial charge >= 0.3 is 0 Å². The molecule has 0 fully saturated rings. The quantitative estimate of drug-likeness (QED) is 0.855. The van der Waals surface area contributed by atoms with Crippen LogP contribution in [-0.2, 0) is 11.2 Å². The zero-order valence-electron chi connectivity index (χ0n) is 9.83. The van der Waals surface area contributed by atoms with Crippen LogP contribution in [0.4, 0.5) is 0 Å². The molecule has 0 bridgehead atoms. The number of hydrogen-bond donors (Lipinski definition) is 2. The minimum absolute atomic E-state index is 0.0100. The highest BCUT2D eigenvalue weighted by atomic mass is 32.1. The van der Waals surface area contributed by atoms with Gasteiger partial charge in [-0.2, -0.15) is 0 Å². The molecule has 96 valence electrons. The molecule has 0 unspecified atom stereocenters. The van der Waals surface area contributed by atoms with Crippen LogP contribution in [0.5, 0.6) is 0 Å². The molecular formula is C13H15NO2S2. The monoisotopic (exact) mass is 281 g/mol. The number of aliphatic hydroxyl groups is 1. The molecule has 1 atom stereocenters. The Hall–Kier alpha value is -1.17. The Morgan fingerprint density at radius 3 is 2.72 bits per heavy atom. The Labute approximate surface area is 114 Å². The lowest BCUT2D eigenvalue weighted by molar-refractivity contribution is -0.120. The number of hydrogen-bond acceptors (Lipinski definition) is 4. The second-order valence-corrected chi connectivity index (χ2v) is 5.94. The molecule has 5 heteroatoms. The Morgan fingerprint density at radius 2 is 2.06 bits per heavy atom. The molecule has 1 amide bonds. The summed E-state index contributed by atoms with van der Waals surface area (Å²) < 4.78 is 0. The number of carbonyl (C=O) groups is 1. The minimum atomic E-state index is -0.480. The fourth-order valence-electron chi connectivity index (χ4n) is 1.61. The molecule has 0 radical (unpaired) electrons. The molecule has 0 spiro atoms. The van der Waals surface area contributed by atoms with Gasteiger partial charge in [-0.05, 0) is 29.3 Å². The number of nitrogens with one attached hydrogen (secondary N) is 1. The van der Waals surface area contributed by atoms with Gasteiger partial charge in [0.2, 0.25) is 5.91 Å². The van der Waals surface area contributed by atoms with E-state index in [4.69, 9.17) is 0 Å². The highest BCUT2D eigenvalue weighted by molar-refractivity contribution is 7.10. The van der Waals surface area contributed by atoms with E-state index < -0.39 is 6.10 Å². The van der Waals surface area contributed by atoms with Gasteiger partial charge < -0.3 is 10.4 Å². The van der Waals surface area contributed by atoms with Crippen LogP contribution in [0.15, 0.2) is 35.0 Å². The molecule has 0 saturated heterocycles. The average molecular weight is 281 g/mol. The van der Waals surface area contributed by atoms with Crippen molar-refractivity contribution in [2.75, 3.05) is 6.54 Å². The van der Waals surface area contributed by atoms with E-state index in [0.717, 1.165) is 9.75 Å². The highest BCUT2D eigenvalue weighted by Gasteiger charge is 2.09. The third-order valence-corrected chi connectivity index (χ3v) is 4.38. The predicted octanol–water partition coefficient (Wildman–Crippen LogP) is 2.59.